The number of aliphatic hydroxyl groups is 1. The van der Waals surface area contributed by atoms with E-state index in [1.807, 2.05) is 12.1 Å². The Labute approximate surface area is 128 Å². The van der Waals surface area contributed by atoms with Gasteiger partial charge in [0.05, 0.1) is 11.6 Å². The zero-order valence-electron chi connectivity index (χ0n) is 11.3. The van der Waals surface area contributed by atoms with Gasteiger partial charge in [0.25, 0.3) is 0 Å². The van der Waals surface area contributed by atoms with Crippen molar-refractivity contribution in [3.8, 4) is 11.3 Å². The third-order valence-corrected chi connectivity index (χ3v) is 3.83. The molecule has 0 unspecified atom stereocenters. The van der Waals surface area contributed by atoms with Crippen LogP contribution < -0.4 is 5.32 Å². The third-order valence-electron chi connectivity index (χ3n) is 3.27. The van der Waals surface area contributed by atoms with Gasteiger partial charge in [-0.05, 0) is 36.8 Å². The Morgan fingerprint density at radius 1 is 1.25 bits per heavy atom. The van der Waals surface area contributed by atoms with Crippen LogP contribution in [0.5, 0.6) is 0 Å². The van der Waals surface area contributed by atoms with Crippen molar-refractivity contribution in [3.05, 3.63) is 46.1 Å². The summed E-state index contributed by atoms with van der Waals surface area (Å²) in [5.41, 5.74) is 0.791. The van der Waals surface area contributed by atoms with E-state index >= 15 is 0 Å². The quantitative estimate of drug-likeness (QED) is 0.860. The lowest BCUT2D eigenvalue weighted by molar-refractivity contribution is -0.707. The monoisotopic (exact) mass is 314 g/mol. The van der Waals surface area contributed by atoms with Crippen LogP contribution in [0.3, 0.4) is 0 Å². The van der Waals surface area contributed by atoms with Crippen molar-refractivity contribution in [2.45, 2.75) is 25.9 Å². The average Bonchev–Trinajstić information content (AvgIpc) is 2.91. The van der Waals surface area contributed by atoms with Crippen LogP contribution >= 0.6 is 23.2 Å². The molecule has 108 valence electrons. The molecule has 20 heavy (non-hydrogen) atoms. The molecule has 0 aliphatic rings. The smallest absolute Gasteiger partial charge is 0.158 e. The Hall–Kier alpha value is -1.00. The van der Waals surface area contributed by atoms with Crippen LogP contribution in [0.2, 0.25) is 10.0 Å². The van der Waals surface area contributed by atoms with Crippen molar-refractivity contribution >= 4 is 23.2 Å². The summed E-state index contributed by atoms with van der Waals surface area (Å²) >= 11 is 12.1. The molecule has 1 heterocycles. The summed E-state index contributed by atoms with van der Waals surface area (Å²) in [6.45, 7) is 2.91. The fraction of sp³-hybridized carbons (Fsp3) is 0.333. The molecule has 3 N–H and O–H groups in total. The van der Waals surface area contributed by atoms with Gasteiger partial charge in [-0.1, -0.05) is 30.1 Å². The Bertz CT molecular complexity index is 565. The molecule has 2 aromatic rings. The largest absolute Gasteiger partial charge is 0.455 e. The molecule has 0 saturated carbocycles. The van der Waals surface area contributed by atoms with Crippen molar-refractivity contribution in [2.75, 3.05) is 6.61 Å². The van der Waals surface area contributed by atoms with Gasteiger partial charge < -0.3 is 14.8 Å². The van der Waals surface area contributed by atoms with Crippen LogP contribution in [0, 0.1) is 0 Å². The van der Waals surface area contributed by atoms with E-state index in [0.29, 0.717) is 22.4 Å². The minimum atomic E-state index is 0.171. The minimum Gasteiger partial charge on any atom is -0.455 e. The molecule has 0 bridgehead atoms. The minimum absolute atomic E-state index is 0.171. The number of benzene rings is 1. The van der Waals surface area contributed by atoms with E-state index in [2.05, 4.69) is 12.2 Å². The molecule has 3 nitrogen and oxygen atoms in total. The van der Waals surface area contributed by atoms with Crippen LogP contribution in [0.15, 0.2) is 34.7 Å². The molecular formula is C15H18Cl2NO2+. The van der Waals surface area contributed by atoms with E-state index < -0.39 is 0 Å². The van der Waals surface area contributed by atoms with Gasteiger partial charge in [0, 0.05) is 10.6 Å². The highest BCUT2D eigenvalue weighted by Gasteiger charge is 2.12. The summed E-state index contributed by atoms with van der Waals surface area (Å²) in [7, 11) is 0. The lowest BCUT2D eigenvalue weighted by Crippen LogP contribution is -2.89. The van der Waals surface area contributed by atoms with Crippen LogP contribution in [0.25, 0.3) is 11.3 Å². The summed E-state index contributed by atoms with van der Waals surface area (Å²) in [6, 6.07) is 9.31. The lowest BCUT2D eigenvalue weighted by Gasteiger charge is -2.08. The molecule has 0 amide bonds. The number of aliphatic hydroxyl groups excluding tert-OH is 1. The van der Waals surface area contributed by atoms with E-state index in [4.69, 9.17) is 32.7 Å². The zero-order valence-corrected chi connectivity index (χ0v) is 12.8. The first-order valence-corrected chi connectivity index (χ1v) is 7.38. The second kappa shape index (κ2) is 7.14. The molecule has 2 rings (SSSR count). The topological polar surface area (TPSA) is 50.0 Å². The number of nitrogens with two attached hydrogens (primary N) is 1. The summed E-state index contributed by atoms with van der Waals surface area (Å²) in [6.07, 6.45) is 0.921. The van der Waals surface area contributed by atoms with Gasteiger partial charge >= 0.3 is 0 Å². The van der Waals surface area contributed by atoms with E-state index in [0.717, 1.165) is 17.7 Å². The van der Waals surface area contributed by atoms with Crippen LogP contribution in [0.4, 0.5) is 0 Å². The molecule has 0 radical (unpaired) electrons. The number of rotatable bonds is 6. The Morgan fingerprint density at radius 3 is 2.75 bits per heavy atom. The fourth-order valence-corrected chi connectivity index (χ4v) is 2.35. The van der Waals surface area contributed by atoms with E-state index in [-0.39, 0.29) is 12.6 Å². The second-order valence-electron chi connectivity index (χ2n) is 4.68. The standard InChI is InChI=1S/C15H17Cl2NO2/c1-2-11(9-19)18-8-12-4-6-15(20-12)13-7-10(16)3-5-14(13)17/h3-7,11,18-19H,2,8-9H2,1H3/p+1/t11-/m0/s1. The number of furan rings is 1. The number of halogens is 2. The first-order chi connectivity index (χ1) is 9.63. The highest BCUT2D eigenvalue weighted by Crippen LogP contribution is 2.31. The third kappa shape index (κ3) is 3.76. The van der Waals surface area contributed by atoms with E-state index in [1.54, 1.807) is 18.2 Å². The lowest BCUT2D eigenvalue weighted by atomic mass is 10.2. The molecule has 1 aromatic carbocycles. The highest BCUT2D eigenvalue weighted by molar-refractivity contribution is 6.35. The molecule has 0 saturated heterocycles. The van der Waals surface area contributed by atoms with Gasteiger partial charge in [0.1, 0.15) is 18.3 Å². The van der Waals surface area contributed by atoms with Crippen molar-refractivity contribution in [2.24, 2.45) is 0 Å². The maximum absolute atomic E-state index is 9.16. The molecule has 0 aliphatic heterocycles. The van der Waals surface area contributed by atoms with E-state index in [1.165, 1.54) is 0 Å². The van der Waals surface area contributed by atoms with E-state index in [9.17, 15) is 0 Å². The maximum Gasteiger partial charge on any atom is 0.158 e. The van der Waals surface area contributed by atoms with Gasteiger partial charge in [0.2, 0.25) is 0 Å². The average molecular weight is 315 g/mol. The Morgan fingerprint density at radius 2 is 2.05 bits per heavy atom. The SMILES string of the molecule is CC[C@@H](CO)[NH2+]Cc1ccc(-c2cc(Cl)ccc2Cl)o1. The Balaban J connectivity index is 2.10. The summed E-state index contributed by atoms with van der Waals surface area (Å²) < 4.78 is 5.79. The van der Waals surface area contributed by atoms with Crippen molar-refractivity contribution in [3.63, 3.8) is 0 Å². The van der Waals surface area contributed by atoms with Gasteiger partial charge in [-0.25, -0.2) is 0 Å². The van der Waals surface area contributed by atoms with Crippen LogP contribution in [-0.4, -0.2) is 17.8 Å². The predicted molar refractivity (Wildman–Crippen MR) is 81.0 cm³/mol. The van der Waals surface area contributed by atoms with Gasteiger partial charge in [-0.15, -0.1) is 0 Å². The molecule has 1 atom stereocenters. The second-order valence-corrected chi connectivity index (χ2v) is 5.52. The summed E-state index contributed by atoms with van der Waals surface area (Å²) in [5.74, 6) is 1.56. The molecule has 0 aliphatic carbocycles. The van der Waals surface area contributed by atoms with Gasteiger partial charge in [-0.3, -0.25) is 0 Å². The molecule has 0 spiro atoms. The molecule has 1 aromatic heterocycles. The molecular weight excluding hydrogens is 297 g/mol. The number of hydrogen-bond donors (Lipinski definition) is 2. The number of hydrogen-bond acceptors (Lipinski definition) is 2. The predicted octanol–water partition coefficient (Wildman–Crippen LogP) is 3.09. The molecule has 5 heteroatoms. The molecule has 0 fully saturated rings. The Kier molecular flexibility index (Phi) is 5.49. The zero-order chi connectivity index (χ0) is 14.5. The van der Waals surface area contributed by atoms with Crippen LogP contribution in [-0.2, 0) is 6.54 Å². The first kappa shape index (κ1) is 15.4. The maximum atomic E-state index is 9.16. The highest BCUT2D eigenvalue weighted by atomic mass is 35.5. The van der Waals surface area contributed by atoms with Crippen LogP contribution in [0.1, 0.15) is 19.1 Å². The normalized spacial score (nSPS) is 12.6. The van der Waals surface area contributed by atoms with Crippen molar-refractivity contribution in [1.82, 2.24) is 0 Å². The summed E-state index contributed by atoms with van der Waals surface area (Å²) in [5, 5.41) is 12.5. The summed E-state index contributed by atoms with van der Waals surface area (Å²) in [4.78, 5) is 0. The van der Waals surface area contributed by atoms with Crippen molar-refractivity contribution < 1.29 is 14.8 Å². The van der Waals surface area contributed by atoms with Crippen molar-refractivity contribution in [1.29, 1.82) is 0 Å². The van der Waals surface area contributed by atoms with Gasteiger partial charge in [-0.2, -0.15) is 0 Å². The number of quaternary nitrogens is 1. The van der Waals surface area contributed by atoms with Gasteiger partial charge in [0.15, 0.2) is 5.76 Å². The fourth-order valence-electron chi connectivity index (χ4n) is 1.97. The first-order valence-electron chi connectivity index (χ1n) is 6.62.